The molecule has 1 aromatic heterocycles. The van der Waals surface area contributed by atoms with E-state index >= 15 is 0 Å². The van der Waals surface area contributed by atoms with Crippen molar-refractivity contribution in [2.45, 2.75) is 31.4 Å². The van der Waals surface area contributed by atoms with Gasteiger partial charge < -0.3 is 9.52 Å². The predicted octanol–water partition coefficient (Wildman–Crippen LogP) is 2.09. The third-order valence-corrected chi connectivity index (χ3v) is 3.82. The molecule has 0 bridgehead atoms. The van der Waals surface area contributed by atoms with Gasteiger partial charge in [0.05, 0.1) is 17.6 Å². The molecule has 1 aromatic rings. The zero-order valence-corrected chi connectivity index (χ0v) is 9.14. The van der Waals surface area contributed by atoms with Gasteiger partial charge in [-0.2, -0.15) is 11.8 Å². The van der Waals surface area contributed by atoms with Crippen molar-refractivity contribution in [3.8, 4) is 0 Å². The molecule has 0 spiro atoms. The molecule has 78 valence electrons. The van der Waals surface area contributed by atoms with Gasteiger partial charge in [0.1, 0.15) is 5.76 Å². The van der Waals surface area contributed by atoms with Gasteiger partial charge in [0.2, 0.25) is 0 Å². The van der Waals surface area contributed by atoms with E-state index in [1.54, 1.807) is 0 Å². The summed E-state index contributed by atoms with van der Waals surface area (Å²) in [6.07, 6.45) is 3.01. The zero-order valence-electron chi connectivity index (χ0n) is 8.32. The summed E-state index contributed by atoms with van der Waals surface area (Å²) in [5.41, 5.74) is 1.09. The van der Waals surface area contributed by atoms with Gasteiger partial charge in [0, 0.05) is 6.42 Å². The second-order valence-electron chi connectivity index (χ2n) is 3.52. The summed E-state index contributed by atoms with van der Waals surface area (Å²) >= 11 is 1.96. The van der Waals surface area contributed by atoms with E-state index in [2.05, 4.69) is 4.98 Å². The molecule has 1 saturated heterocycles. The van der Waals surface area contributed by atoms with Gasteiger partial charge >= 0.3 is 0 Å². The molecule has 0 amide bonds. The van der Waals surface area contributed by atoms with Crippen LogP contribution in [0.2, 0.25) is 0 Å². The summed E-state index contributed by atoms with van der Waals surface area (Å²) in [6, 6.07) is 0. The number of thioether (sulfide) groups is 1. The maximum Gasteiger partial charge on any atom is 0.196 e. The number of nitrogens with zero attached hydrogens (tertiary/aromatic N) is 1. The standard InChI is InChI=1S/C10H15NO2S/c1-7-10(8-3-2-6-14-8)11-9(13-7)4-5-12/h8,12H,2-6H2,1H3. The fraction of sp³-hybridized carbons (Fsp3) is 0.700. The number of hydrogen-bond acceptors (Lipinski definition) is 4. The van der Waals surface area contributed by atoms with E-state index in [-0.39, 0.29) is 6.61 Å². The Morgan fingerprint density at radius 3 is 3.14 bits per heavy atom. The van der Waals surface area contributed by atoms with E-state index in [9.17, 15) is 0 Å². The van der Waals surface area contributed by atoms with Crippen LogP contribution in [0.4, 0.5) is 0 Å². The molecule has 3 nitrogen and oxygen atoms in total. The molecule has 1 aliphatic heterocycles. The largest absolute Gasteiger partial charge is 0.446 e. The van der Waals surface area contributed by atoms with Crippen LogP contribution in [0.25, 0.3) is 0 Å². The van der Waals surface area contributed by atoms with Crippen LogP contribution in [-0.2, 0) is 6.42 Å². The molecule has 4 heteroatoms. The molecular weight excluding hydrogens is 198 g/mol. The first-order chi connectivity index (χ1) is 6.81. The first-order valence-corrected chi connectivity index (χ1v) is 6.05. The van der Waals surface area contributed by atoms with Gasteiger partial charge in [0.15, 0.2) is 5.89 Å². The fourth-order valence-electron chi connectivity index (χ4n) is 1.76. The van der Waals surface area contributed by atoms with Crippen LogP contribution < -0.4 is 0 Å². The lowest BCUT2D eigenvalue weighted by atomic mass is 10.2. The summed E-state index contributed by atoms with van der Waals surface area (Å²) in [5.74, 6) is 2.83. The van der Waals surface area contributed by atoms with Gasteiger partial charge in [-0.3, -0.25) is 0 Å². The van der Waals surface area contributed by atoms with E-state index in [0.717, 1.165) is 11.5 Å². The Balaban J connectivity index is 2.15. The quantitative estimate of drug-likeness (QED) is 0.835. The average Bonchev–Trinajstić information content (AvgIpc) is 2.74. The second-order valence-corrected chi connectivity index (χ2v) is 4.83. The van der Waals surface area contributed by atoms with E-state index in [1.807, 2.05) is 18.7 Å². The molecule has 2 heterocycles. The number of oxazole rings is 1. The molecular formula is C10H15NO2S. The molecule has 0 aromatic carbocycles. The number of rotatable bonds is 3. The van der Waals surface area contributed by atoms with E-state index in [4.69, 9.17) is 9.52 Å². The molecule has 1 N–H and O–H groups in total. The molecule has 1 aliphatic rings. The number of hydrogen-bond donors (Lipinski definition) is 1. The lowest BCUT2D eigenvalue weighted by Crippen LogP contribution is -1.94. The van der Waals surface area contributed by atoms with Crippen molar-refractivity contribution in [3.63, 3.8) is 0 Å². The van der Waals surface area contributed by atoms with Gasteiger partial charge in [-0.25, -0.2) is 4.98 Å². The normalized spacial score (nSPS) is 21.7. The van der Waals surface area contributed by atoms with Crippen molar-refractivity contribution in [1.29, 1.82) is 0 Å². The van der Waals surface area contributed by atoms with Crippen molar-refractivity contribution in [1.82, 2.24) is 4.98 Å². The Morgan fingerprint density at radius 2 is 2.50 bits per heavy atom. The van der Waals surface area contributed by atoms with Crippen LogP contribution in [-0.4, -0.2) is 22.5 Å². The highest BCUT2D eigenvalue weighted by atomic mass is 32.2. The van der Waals surface area contributed by atoms with E-state index in [1.165, 1.54) is 18.6 Å². The third-order valence-electron chi connectivity index (χ3n) is 2.44. The first-order valence-electron chi connectivity index (χ1n) is 5.00. The van der Waals surface area contributed by atoms with Crippen LogP contribution in [0.1, 0.15) is 35.4 Å². The molecule has 0 radical (unpaired) electrons. The van der Waals surface area contributed by atoms with Gasteiger partial charge in [0.25, 0.3) is 0 Å². The highest BCUT2D eigenvalue weighted by Crippen LogP contribution is 2.40. The molecule has 1 atom stereocenters. The Morgan fingerprint density at radius 1 is 1.64 bits per heavy atom. The number of aliphatic hydroxyl groups excluding tert-OH is 1. The van der Waals surface area contributed by atoms with Crippen molar-refractivity contribution >= 4 is 11.8 Å². The highest BCUT2D eigenvalue weighted by molar-refractivity contribution is 7.99. The van der Waals surface area contributed by atoms with Crippen molar-refractivity contribution < 1.29 is 9.52 Å². The first kappa shape index (κ1) is 10.1. The molecule has 2 rings (SSSR count). The summed E-state index contributed by atoms with van der Waals surface area (Å²) in [7, 11) is 0. The van der Waals surface area contributed by atoms with Crippen molar-refractivity contribution in [2.24, 2.45) is 0 Å². The fourth-order valence-corrected chi connectivity index (χ4v) is 3.09. The third kappa shape index (κ3) is 1.96. The SMILES string of the molecule is Cc1oc(CCO)nc1C1CCCS1. The minimum Gasteiger partial charge on any atom is -0.446 e. The van der Waals surface area contributed by atoms with Crippen LogP contribution >= 0.6 is 11.8 Å². The smallest absolute Gasteiger partial charge is 0.196 e. The van der Waals surface area contributed by atoms with Crippen LogP contribution in [0, 0.1) is 6.92 Å². The van der Waals surface area contributed by atoms with Gasteiger partial charge in [-0.05, 0) is 25.5 Å². The molecule has 1 unspecified atom stereocenters. The second kappa shape index (κ2) is 4.36. The molecule has 0 saturated carbocycles. The minimum absolute atomic E-state index is 0.108. The summed E-state index contributed by atoms with van der Waals surface area (Å²) in [4.78, 5) is 4.43. The Kier molecular flexibility index (Phi) is 3.13. The number of aliphatic hydroxyl groups is 1. The lowest BCUT2D eigenvalue weighted by molar-refractivity contribution is 0.284. The van der Waals surface area contributed by atoms with Gasteiger partial charge in [-0.1, -0.05) is 0 Å². The number of aryl methyl sites for hydroxylation is 1. The van der Waals surface area contributed by atoms with Crippen LogP contribution in [0.3, 0.4) is 0 Å². The predicted molar refractivity (Wildman–Crippen MR) is 56.5 cm³/mol. The Bertz CT molecular complexity index is 305. The summed E-state index contributed by atoms with van der Waals surface area (Å²) < 4.78 is 5.48. The molecule has 1 fully saturated rings. The van der Waals surface area contributed by atoms with Crippen molar-refractivity contribution in [3.05, 3.63) is 17.3 Å². The maximum absolute atomic E-state index is 8.78. The van der Waals surface area contributed by atoms with E-state index < -0.39 is 0 Å². The molecule has 14 heavy (non-hydrogen) atoms. The monoisotopic (exact) mass is 213 g/mol. The summed E-state index contributed by atoms with van der Waals surface area (Å²) in [6.45, 7) is 2.07. The average molecular weight is 213 g/mol. The highest BCUT2D eigenvalue weighted by Gasteiger charge is 2.23. The summed E-state index contributed by atoms with van der Waals surface area (Å²) in [5, 5.41) is 9.30. The molecule has 0 aliphatic carbocycles. The maximum atomic E-state index is 8.78. The lowest BCUT2D eigenvalue weighted by Gasteiger charge is -2.03. The number of aromatic nitrogens is 1. The van der Waals surface area contributed by atoms with Crippen LogP contribution in [0.5, 0.6) is 0 Å². The zero-order chi connectivity index (χ0) is 9.97. The van der Waals surface area contributed by atoms with E-state index in [0.29, 0.717) is 17.6 Å². The Hall–Kier alpha value is -0.480. The van der Waals surface area contributed by atoms with Crippen molar-refractivity contribution in [2.75, 3.05) is 12.4 Å². The van der Waals surface area contributed by atoms with Crippen LogP contribution in [0.15, 0.2) is 4.42 Å². The Labute approximate surface area is 87.9 Å². The minimum atomic E-state index is 0.108. The topological polar surface area (TPSA) is 46.3 Å². The van der Waals surface area contributed by atoms with Gasteiger partial charge in [-0.15, -0.1) is 0 Å².